The standard InChI is InChI=1S/2C15H26O2/c2*1-2-13(16)6-4-3-5-11-7-8-12-9-14(17)10-15(11)12/h2*11-13,15-16H,2-10H2,1H3. The normalized spacial score (nSPS) is 34.0. The van der Waals surface area contributed by atoms with E-state index in [1.807, 2.05) is 13.8 Å². The van der Waals surface area contributed by atoms with Crippen LogP contribution in [-0.4, -0.2) is 34.0 Å². The van der Waals surface area contributed by atoms with Crippen molar-refractivity contribution in [3.63, 3.8) is 0 Å². The third-order valence-corrected chi connectivity index (χ3v) is 9.81. The third kappa shape index (κ3) is 8.15. The first-order valence-corrected chi connectivity index (χ1v) is 14.8. The predicted octanol–water partition coefficient (Wildman–Crippen LogP) is 6.65. The maximum absolute atomic E-state index is 11.4. The molecule has 4 aliphatic rings. The topological polar surface area (TPSA) is 74.6 Å². The van der Waals surface area contributed by atoms with E-state index in [9.17, 15) is 19.8 Å². The van der Waals surface area contributed by atoms with Gasteiger partial charge in [0, 0.05) is 25.7 Å². The molecule has 4 fully saturated rings. The van der Waals surface area contributed by atoms with E-state index in [4.69, 9.17) is 0 Å². The molecule has 4 rings (SSSR count). The molecule has 0 amide bonds. The van der Waals surface area contributed by atoms with Crippen LogP contribution in [-0.2, 0) is 9.59 Å². The quantitative estimate of drug-likeness (QED) is 0.309. The second-order valence-electron chi connectivity index (χ2n) is 12.1. The number of unbranched alkanes of at least 4 members (excludes halogenated alkanes) is 2. The van der Waals surface area contributed by atoms with Gasteiger partial charge in [-0.1, -0.05) is 52.4 Å². The molecule has 196 valence electrons. The van der Waals surface area contributed by atoms with Gasteiger partial charge in [0.15, 0.2) is 0 Å². The van der Waals surface area contributed by atoms with E-state index in [1.54, 1.807) is 0 Å². The molecule has 8 unspecified atom stereocenters. The maximum atomic E-state index is 11.4. The first-order valence-electron chi connectivity index (χ1n) is 14.8. The van der Waals surface area contributed by atoms with Crippen molar-refractivity contribution >= 4 is 11.6 Å². The van der Waals surface area contributed by atoms with Crippen LogP contribution in [0.1, 0.15) is 129 Å². The zero-order valence-corrected chi connectivity index (χ0v) is 22.1. The van der Waals surface area contributed by atoms with E-state index in [1.165, 1.54) is 51.4 Å². The van der Waals surface area contributed by atoms with Gasteiger partial charge >= 0.3 is 0 Å². The van der Waals surface area contributed by atoms with Crippen molar-refractivity contribution in [2.75, 3.05) is 0 Å². The summed E-state index contributed by atoms with van der Waals surface area (Å²) in [6, 6.07) is 0. The van der Waals surface area contributed by atoms with Gasteiger partial charge in [0.2, 0.25) is 0 Å². The first kappa shape index (κ1) is 27.8. The average molecular weight is 477 g/mol. The first-order chi connectivity index (χ1) is 16.4. The lowest BCUT2D eigenvalue weighted by molar-refractivity contribution is -0.118. The van der Waals surface area contributed by atoms with Crippen LogP contribution in [0.3, 0.4) is 0 Å². The minimum absolute atomic E-state index is 0.0978. The van der Waals surface area contributed by atoms with Gasteiger partial charge in [0.1, 0.15) is 11.6 Å². The molecule has 4 nitrogen and oxygen atoms in total. The summed E-state index contributed by atoms with van der Waals surface area (Å²) in [5.74, 6) is 5.53. The summed E-state index contributed by atoms with van der Waals surface area (Å²) >= 11 is 0. The summed E-state index contributed by atoms with van der Waals surface area (Å²) in [6.07, 6.45) is 19.6. The number of carbonyl (C=O) groups excluding carboxylic acids is 2. The van der Waals surface area contributed by atoms with Gasteiger partial charge in [-0.15, -0.1) is 0 Å². The van der Waals surface area contributed by atoms with Crippen LogP contribution < -0.4 is 0 Å². The number of hydrogen-bond donors (Lipinski definition) is 2. The SMILES string of the molecule is CCC(O)CCCCC1CCC2CC(=O)CC12.CCC(O)CCCCC1CCC2CC(=O)CC12. The molecule has 0 heterocycles. The molecule has 0 aromatic rings. The number of carbonyl (C=O) groups is 2. The maximum Gasteiger partial charge on any atom is 0.133 e. The molecule has 0 aromatic heterocycles. The number of ketones is 2. The lowest BCUT2D eigenvalue weighted by atomic mass is 9.88. The Morgan fingerprint density at radius 2 is 1.06 bits per heavy atom. The molecule has 0 aliphatic heterocycles. The van der Waals surface area contributed by atoms with Gasteiger partial charge in [-0.05, 0) is 86.9 Å². The second kappa shape index (κ2) is 14.1. The minimum Gasteiger partial charge on any atom is -0.393 e. The Morgan fingerprint density at radius 1 is 0.647 bits per heavy atom. The van der Waals surface area contributed by atoms with E-state index < -0.39 is 0 Å². The van der Waals surface area contributed by atoms with E-state index in [-0.39, 0.29) is 12.2 Å². The summed E-state index contributed by atoms with van der Waals surface area (Å²) < 4.78 is 0. The highest BCUT2D eigenvalue weighted by Gasteiger charge is 2.43. The molecule has 0 saturated heterocycles. The van der Waals surface area contributed by atoms with Crippen LogP contribution in [0.15, 0.2) is 0 Å². The van der Waals surface area contributed by atoms with Crippen molar-refractivity contribution in [3.8, 4) is 0 Å². The lowest BCUT2D eigenvalue weighted by Gasteiger charge is -2.17. The Kier molecular flexibility index (Phi) is 11.6. The molecule has 4 heteroatoms. The summed E-state index contributed by atoms with van der Waals surface area (Å²) in [5, 5.41) is 19.0. The van der Waals surface area contributed by atoms with Crippen molar-refractivity contribution < 1.29 is 19.8 Å². The van der Waals surface area contributed by atoms with Gasteiger partial charge < -0.3 is 10.2 Å². The molecule has 0 spiro atoms. The van der Waals surface area contributed by atoms with Crippen LogP contribution in [0.4, 0.5) is 0 Å². The highest BCUT2D eigenvalue weighted by molar-refractivity contribution is 5.81. The largest absolute Gasteiger partial charge is 0.393 e. The summed E-state index contributed by atoms with van der Waals surface area (Å²) in [4.78, 5) is 22.9. The monoisotopic (exact) mass is 476 g/mol. The molecule has 0 radical (unpaired) electrons. The van der Waals surface area contributed by atoms with Crippen molar-refractivity contribution in [2.24, 2.45) is 35.5 Å². The lowest BCUT2D eigenvalue weighted by Crippen LogP contribution is -2.10. The molecule has 4 saturated carbocycles. The van der Waals surface area contributed by atoms with Crippen LogP contribution in [0.25, 0.3) is 0 Å². The average Bonchev–Trinajstić information content (AvgIpc) is 3.56. The summed E-state index contributed by atoms with van der Waals surface area (Å²) in [7, 11) is 0. The Hall–Kier alpha value is -0.740. The van der Waals surface area contributed by atoms with Crippen LogP contribution in [0, 0.1) is 35.5 Å². The zero-order valence-electron chi connectivity index (χ0n) is 22.1. The molecule has 8 atom stereocenters. The van der Waals surface area contributed by atoms with Gasteiger partial charge in [0.05, 0.1) is 12.2 Å². The minimum atomic E-state index is -0.0978. The number of aliphatic hydroxyl groups is 2. The van der Waals surface area contributed by atoms with E-state index in [0.717, 1.165) is 99.7 Å². The number of rotatable bonds is 12. The molecule has 4 aliphatic carbocycles. The Labute approximate surface area is 208 Å². The molecule has 0 aromatic carbocycles. The van der Waals surface area contributed by atoms with Gasteiger partial charge in [0.25, 0.3) is 0 Å². The summed E-state index contributed by atoms with van der Waals surface area (Å²) in [5.41, 5.74) is 0. The molecule has 0 bridgehead atoms. The molecular weight excluding hydrogens is 424 g/mol. The van der Waals surface area contributed by atoms with Crippen molar-refractivity contribution in [1.82, 2.24) is 0 Å². The van der Waals surface area contributed by atoms with Crippen molar-refractivity contribution in [1.29, 1.82) is 0 Å². The van der Waals surface area contributed by atoms with Crippen molar-refractivity contribution in [3.05, 3.63) is 0 Å². The smallest absolute Gasteiger partial charge is 0.133 e. The van der Waals surface area contributed by atoms with Gasteiger partial charge in [-0.3, -0.25) is 9.59 Å². The highest BCUT2D eigenvalue weighted by atomic mass is 16.3. The predicted molar refractivity (Wildman–Crippen MR) is 137 cm³/mol. The second-order valence-corrected chi connectivity index (χ2v) is 12.1. The van der Waals surface area contributed by atoms with Crippen molar-refractivity contribution in [2.45, 2.75) is 142 Å². The number of hydrogen-bond acceptors (Lipinski definition) is 4. The van der Waals surface area contributed by atoms with Crippen LogP contribution in [0.5, 0.6) is 0 Å². The fourth-order valence-corrected chi connectivity index (χ4v) is 7.63. The van der Waals surface area contributed by atoms with E-state index in [2.05, 4.69) is 0 Å². The fourth-order valence-electron chi connectivity index (χ4n) is 7.63. The number of fused-ring (bicyclic) bond motifs is 2. The molecule has 34 heavy (non-hydrogen) atoms. The van der Waals surface area contributed by atoms with Gasteiger partial charge in [-0.25, -0.2) is 0 Å². The zero-order chi connectivity index (χ0) is 24.5. The van der Waals surface area contributed by atoms with Crippen LogP contribution >= 0.6 is 0 Å². The summed E-state index contributed by atoms with van der Waals surface area (Å²) in [6.45, 7) is 4.08. The van der Waals surface area contributed by atoms with E-state index in [0.29, 0.717) is 11.6 Å². The highest BCUT2D eigenvalue weighted by Crippen LogP contribution is 2.48. The van der Waals surface area contributed by atoms with E-state index >= 15 is 0 Å². The Morgan fingerprint density at radius 3 is 1.44 bits per heavy atom. The fraction of sp³-hybridized carbons (Fsp3) is 0.933. The Bertz CT molecular complexity index is 577. The molecular formula is C30H52O4. The Balaban J connectivity index is 0.000000191. The number of aliphatic hydroxyl groups excluding tert-OH is 2. The number of Topliss-reactive ketones (excluding diaryl/α,β-unsaturated/α-hetero) is 2. The third-order valence-electron chi connectivity index (χ3n) is 9.81. The van der Waals surface area contributed by atoms with Gasteiger partial charge in [-0.2, -0.15) is 0 Å². The molecule has 2 N–H and O–H groups in total. The van der Waals surface area contributed by atoms with Crippen LogP contribution in [0.2, 0.25) is 0 Å².